The van der Waals surface area contributed by atoms with Crippen LogP contribution in [0.15, 0.2) is 18.2 Å². The molecule has 1 aromatic carbocycles. The number of likely N-dealkylation sites (N-methyl/N-ethyl adjacent to an activating group) is 1. The van der Waals surface area contributed by atoms with Gasteiger partial charge in [0.1, 0.15) is 5.82 Å². The second kappa shape index (κ2) is 6.52. The molecule has 1 unspecified atom stereocenters. The van der Waals surface area contributed by atoms with Crippen molar-refractivity contribution < 1.29 is 4.39 Å². The van der Waals surface area contributed by atoms with Crippen molar-refractivity contribution in [2.45, 2.75) is 25.3 Å². The number of hydrogen-bond donors (Lipinski definition) is 1. The van der Waals surface area contributed by atoms with E-state index in [1.165, 1.54) is 0 Å². The average Bonchev–Trinajstić information content (AvgIpc) is 2.30. The Morgan fingerprint density at radius 2 is 2.31 bits per heavy atom. The van der Waals surface area contributed by atoms with E-state index < -0.39 is 0 Å². The Kier molecular flexibility index (Phi) is 5.31. The molecule has 0 saturated heterocycles. The molecule has 1 N–H and O–H groups in total. The lowest BCUT2D eigenvalue weighted by atomic mass is 10.0. The van der Waals surface area contributed by atoms with Crippen LogP contribution < -0.4 is 5.32 Å². The van der Waals surface area contributed by atoms with Crippen molar-refractivity contribution in [3.05, 3.63) is 34.6 Å². The summed E-state index contributed by atoms with van der Waals surface area (Å²) in [6.07, 6.45) is 7.33. The fourth-order valence-corrected chi connectivity index (χ4v) is 1.77. The number of benzene rings is 1. The monoisotopic (exact) mass is 239 g/mol. The smallest absolute Gasteiger partial charge is 0.145 e. The Bertz CT molecular complexity index is 384. The Morgan fingerprint density at radius 1 is 1.56 bits per heavy atom. The zero-order valence-electron chi connectivity index (χ0n) is 9.26. The maximum Gasteiger partial charge on any atom is 0.145 e. The Morgan fingerprint density at radius 3 is 2.94 bits per heavy atom. The summed E-state index contributed by atoms with van der Waals surface area (Å²) in [6, 6.07) is 5.25. The highest BCUT2D eigenvalue weighted by Gasteiger charge is 2.11. The topological polar surface area (TPSA) is 12.0 Å². The number of hydrogen-bond acceptors (Lipinski definition) is 1. The molecule has 1 nitrogen and oxygen atoms in total. The lowest BCUT2D eigenvalue weighted by Gasteiger charge is -2.15. The molecule has 1 rings (SSSR count). The van der Waals surface area contributed by atoms with Gasteiger partial charge in [0.15, 0.2) is 0 Å². The summed E-state index contributed by atoms with van der Waals surface area (Å²) in [6.45, 7) is 0. The number of nitrogens with one attached hydrogen (secondary N) is 1. The molecule has 0 spiro atoms. The molecule has 0 aliphatic carbocycles. The first-order valence-electron chi connectivity index (χ1n) is 5.22. The van der Waals surface area contributed by atoms with E-state index in [2.05, 4.69) is 11.2 Å². The molecular weight excluding hydrogens is 225 g/mol. The van der Waals surface area contributed by atoms with E-state index in [0.29, 0.717) is 18.4 Å². The third kappa shape index (κ3) is 3.52. The predicted molar refractivity (Wildman–Crippen MR) is 66.0 cm³/mol. The van der Waals surface area contributed by atoms with Gasteiger partial charge in [-0.15, -0.1) is 12.3 Å². The van der Waals surface area contributed by atoms with Gasteiger partial charge in [-0.25, -0.2) is 4.39 Å². The van der Waals surface area contributed by atoms with Gasteiger partial charge in [-0.05, 0) is 31.5 Å². The Balaban J connectivity index is 2.71. The van der Waals surface area contributed by atoms with E-state index in [0.717, 1.165) is 6.42 Å². The van der Waals surface area contributed by atoms with Crippen LogP contribution in [-0.4, -0.2) is 13.1 Å². The molecule has 1 aromatic rings. The quantitative estimate of drug-likeness (QED) is 0.779. The second-order valence-electron chi connectivity index (χ2n) is 3.65. The predicted octanol–water partition coefficient (Wildman–Crippen LogP) is 3.02. The largest absolute Gasteiger partial charge is 0.317 e. The zero-order valence-corrected chi connectivity index (χ0v) is 10.0. The minimum absolute atomic E-state index is 0.171. The van der Waals surface area contributed by atoms with E-state index >= 15 is 0 Å². The van der Waals surface area contributed by atoms with Crippen LogP contribution in [-0.2, 0) is 6.42 Å². The minimum Gasteiger partial charge on any atom is -0.317 e. The van der Waals surface area contributed by atoms with E-state index in [9.17, 15) is 4.39 Å². The third-order valence-corrected chi connectivity index (χ3v) is 2.84. The highest BCUT2D eigenvalue weighted by atomic mass is 35.5. The van der Waals surface area contributed by atoms with E-state index in [1.807, 2.05) is 7.05 Å². The summed E-state index contributed by atoms with van der Waals surface area (Å²) in [5.74, 6) is 2.26. The fraction of sp³-hybridized carbons (Fsp3) is 0.385. The van der Waals surface area contributed by atoms with Gasteiger partial charge < -0.3 is 5.32 Å². The molecule has 0 fully saturated rings. The summed E-state index contributed by atoms with van der Waals surface area (Å²) >= 11 is 5.72. The lowest BCUT2D eigenvalue weighted by Crippen LogP contribution is -2.27. The fourth-order valence-electron chi connectivity index (χ4n) is 1.58. The number of terminal acetylenes is 1. The first kappa shape index (κ1) is 13.0. The molecular formula is C13H15ClFN. The second-order valence-corrected chi connectivity index (χ2v) is 4.05. The molecule has 16 heavy (non-hydrogen) atoms. The lowest BCUT2D eigenvalue weighted by molar-refractivity contribution is 0.510. The highest BCUT2D eigenvalue weighted by Crippen LogP contribution is 2.19. The van der Waals surface area contributed by atoms with Crippen LogP contribution in [0, 0.1) is 18.2 Å². The van der Waals surface area contributed by atoms with Crippen LogP contribution in [0.5, 0.6) is 0 Å². The van der Waals surface area contributed by atoms with Crippen LogP contribution >= 0.6 is 11.6 Å². The first-order chi connectivity index (χ1) is 7.69. The van der Waals surface area contributed by atoms with E-state index in [-0.39, 0.29) is 16.9 Å². The van der Waals surface area contributed by atoms with Crippen molar-refractivity contribution in [3.8, 4) is 12.3 Å². The maximum atomic E-state index is 13.6. The van der Waals surface area contributed by atoms with Crippen molar-refractivity contribution >= 4 is 11.6 Å². The van der Waals surface area contributed by atoms with E-state index in [1.54, 1.807) is 18.2 Å². The summed E-state index contributed by atoms with van der Waals surface area (Å²) < 4.78 is 13.6. The van der Waals surface area contributed by atoms with Crippen LogP contribution in [0.1, 0.15) is 18.4 Å². The van der Waals surface area contributed by atoms with Gasteiger partial charge in [-0.1, -0.05) is 23.7 Å². The average molecular weight is 240 g/mol. The molecule has 86 valence electrons. The Labute approximate surface area is 101 Å². The summed E-state index contributed by atoms with van der Waals surface area (Å²) in [5.41, 5.74) is 0.629. The zero-order chi connectivity index (χ0) is 12.0. The van der Waals surface area contributed by atoms with Gasteiger partial charge in [-0.2, -0.15) is 0 Å². The SMILES string of the molecule is C#CCCC(Cc1cccc(Cl)c1F)NC. The normalized spacial score (nSPS) is 12.1. The van der Waals surface area contributed by atoms with Crippen molar-refractivity contribution in [2.24, 2.45) is 0 Å². The molecule has 0 aliphatic heterocycles. The molecule has 0 heterocycles. The van der Waals surface area contributed by atoms with Gasteiger partial charge >= 0.3 is 0 Å². The molecule has 1 atom stereocenters. The van der Waals surface area contributed by atoms with Gasteiger partial charge in [0.2, 0.25) is 0 Å². The summed E-state index contributed by atoms with van der Waals surface area (Å²) in [5, 5.41) is 3.30. The van der Waals surface area contributed by atoms with Crippen LogP contribution in [0.25, 0.3) is 0 Å². The third-order valence-electron chi connectivity index (χ3n) is 2.54. The molecule has 0 aliphatic rings. The van der Waals surface area contributed by atoms with Crippen molar-refractivity contribution in [2.75, 3.05) is 7.05 Å². The first-order valence-corrected chi connectivity index (χ1v) is 5.60. The number of halogens is 2. The molecule has 0 radical (unpaired) electrons. The summed E-state index contributed by atoms with van der Waals surface area (Å²) in [4.78, 5) is 0. The van der Waals surface area contributed by atoms with Crippen molar-refractivity contribution in [1.29, 1.82) is 0 Å². The molecule has 0 saturated carbocycles. The molecule has 0 bridgehead atoms. The van der Waals surface area contributed by atoms with Gasteiger partial charge in [0.05, 0.1) is 5.02 Å². The van der Waals surface area contributed by atoms with Gasteiger partial charge in [0, 0.05) is 12.5 Å². The molecule has 0 amide bonds. The van der Waals surface area contributed by atoms with Crippen LogP contribution in [0.4, 0.5) is 4.39 Å². The van der Waals surface area contributed by atoms with E-state index in [4.69, 9.17) is 18.0 Å². The molecule has 3 heteroatoms. The van der Waals surface area contributed by atoms with Crippen LogP contribution in [0.2, 0.25) is 5.02 Å². The highest BCUT2D eigenvalue weighted by molar-refractivity contribution is 6.30. The molecule has 0 aromatic heterocycles. The Hall–Kier alpha value is -1.04. The summed E-state index contributed by atoms with van der Waals surface area (Å²) in [7, 11) is 1.85. The van der Waals surface area contributed by atoms with Gasteiger partial charge in [-0.3, -0.25) is 0 Å². The maximum absolute atomic E-state index is 13.6. The van der Waals surface area contributed by atoms with Crippen molar-refractivity contribution in [3.63, 3.8) is 0 Å². The van der Waals surface area contributed by atoms with Crippen LogP contribution in [0.3, 0.4) is 0 Å². The number of rotatable bonds is 5. The van der Waals surface area contributed by atoms with Crippen molar-refractivity contribution in [1.82, 2.24) is 5.32 Å². The standard InChI is InChI=1S/C13H15ClFN/c1-3-4-7-11(16-2)9-10-6-5-8-12(14)13(10)15/h1,5-6,8,11,16H,4,7,9H2,2H3. The minimum atomic E-state index is -0.329. The van der Waals surface area contributed by atoms with Gasteiger partial charge in [0.25, 0.3) is 0 Å².